The number of benzene rings is 1. The summed E-state index contributed by atoms with van der Waals surface area (Å²) >= 11 is 4.93. The second-order valence-electron chi connectivity index (χ2n) is 5.10. The Kier molecular flexibility index (Phi) is 3.58. The Bertz CT molecular complexity index is 687. The Balaban J connectivity index is 1.78. The summed E-state index contributed by atoms with van der Waals surface area (Å²) in [6.07, 6.45) is 2.31. The number of H-pyrrole nitrogens is 1. The van der Waals surface area contributed by atoms with Gasteiger partial charge in [0.25, 0.3) is 10.7 Å². The van der Waals surface area contributed by atoms with E-state index in [0.717, 1.165) is 18.4 Å². The maximum absolute atomic E-state index is 12.3. The first-order valence-electron chi connectivity index (χ1n) is 6.60. The van der Waals surface area contributed by atoms with Gasteiger partial charge in [-0.1, -0.05) is 0 Å². The number of oxazole rings is 1. The highest BCUT2D eigenvalue weighted by molar-refractivity contribution is 7.71. The Hall–Kier alpha value is -1.66. The molecule has 1 aromatic heterocycles. The zero-order chi connectivity index (χ0) is 14.1. The van der Waals surface area contributed by atoms with Crippen molar-refractivity contribution in [3.8, 4) is 0 Å². The molecule has 1 fully saturated rings. The van der Waals surface area contributed by atoms with Crippen LogP contribution in [0, 0.1) is 10.8 Å². The van der Waals surface area contributed by atoms with Crippen LogP contribution >= 0.6 is 12.2 Å². The Labute approximate surface area is 121 Å². The summed E-state index contributed by atoms with van der Waals surface area (Å²) in [5, 5.41) is 3.03. The van der Waals surface area contributed by atoms with Crippen molar-refractivity contribution >= 4 is 29.2 Å². The second kappa shape index (κ2) is 5.38. The normalized spacial score (nSPS) is 16.2. The molecule has 106 valence electrons. The lowest BCUT2D eigenvalue weighted by molar-refractivity contribution is 0.0884. The van der Waals surface area contributed by atoms with Crippen LogP contribution in [0.3, 0.4) is 0 Å². The highest BCUT2D eigenvalue weighted by Crippen LogP contribution is 2.32. The van der Waals surface area contributed by atoms with E-state index in [1.54, 1.807) is 25.3 Å². The quantitative estimate of drug-likeness (QED) is 0.831. The second-order valence-corrected chi connectivity index (χ2v) is 5.47. The minimum Gasteiger partial charge on any atom is -0.429 e. The largest absolute Gasteiger partial charge is 0.429 e. The molecular weight excluding hydrogens is 276 g/mol. The third-order valence-electron chi connectivity index (χ3n) is 3.54. The van der Waals surface area contributed by atoms with E-state index in [2.05, 4.69) is 10.3 Å². The highest BCUT2D eigenvalue weighted by atomic mass is 32.1. The van der Waals surface area contributed by atoms with Crippen LogP contribution in [0.1, 0.15) is 23.2 Å². The first kappa shape index (κ1) is 13.3. The summed E-state index contributed by atoms with van der Waals surface area (Å²) in [5.41, 5.74) is 1.96. The van der Waals surface area contributed by atoms with Crippen LogP contribution in [0.25, 0.3) is 11.1 Å². The first-order chi connectivity index (χ1) is 9.67. The SMILES string of the molecule is COC[C@@H](NC(=O)c1ccc2[nH]c(=S)oc2c1)C1CC1. The molecular formula is C14H16N2O3S. The Morgan fingerprint density at radius 1 is 1.60 bits per heavy atom. The first-order valence-corrected chi connectivity index (χ1v) is 7.01. The molecule has 2 N–H and O–H groups in total. The molecule has 0 aliphatic heterocycles. The number of carbonyl (C=O) groups excluding carboxylic acids is 1. The zero-order valence-electron chi connectivity index (χ0n) is 11.1. The van der Waals surface area contributed by atoms with Crippen molar-refractivity contribution in [2.75, 3.05) is 13.7 Å². The molecule has 1 amide bonds. The molecule has 3 rings (SSSR count). The lowest BCUT2D eigenvalue weighted by atomic mass is 10.1. The van der Waals surface area contributed by atoms with Gasteiger partial charge < -0.3 is 19.5 Å². The molecule has 6 heteroatoms. The van der Waals surface area contributed by atoms with E-state index in [1.807, 2.05) is 0 Å². The van der Waals surface area contributed by atoms with E-state index in [4.69, 9.17) is 21.4 Å². The highest BCUT2D eigenvalue weighted by Gasteiger charge is 2.32. The van der Waals surface area contributed by atoms with Crippen LogP contribution in [0.4, 0.5) is 0 Å². The number of rotatable bonds is 5. The predicted molar refractivity (Wildman–Crippen MR) is 77.3 cm³/mol. The molecule has 1 aliphatic rings. The van der Waals surface area contributed by atoms with Crippen LogP contribution in [-0.4, -0.2) is 30.6 Å². The molecule has 1 aliphatic carbocycles. The van der Waals surface area contributed by atoms with Gasteiger partial charge in [-0.3, -0.25) is 4.79 Å². The molecule has 1 atom stereocenters. The van der Waals surface area contributed by atoms with Gasteiger partial charge in [-0.25, -0.2) is 0 Å². The number of nitrogens with one attached hydrogen (secondary N) is 2. The molecule has 1 heterocycles. The summed E-state index contributed by atoms with van der Waals surface area (Å²) in [7, 11) is 1.65. The third-order valence-corrected chi connectivity index (χ3v) is 3.72. The van der Waals surface area contributed by atoms with E-state index in [1.165, 1.54) is 0 Å². The summed E-state index contributed by atoms with van der Waals surface area (Å²) < 4.78 is 10.5. The molecule has 1 saturated carbocycles. The van der Waals surface area contributed by atoms with Crippen LogP contribution in [0.5, 0.6) is 0 Å². The average molecular weight is 292 g/mol. The molecule has 0 unspecified atom stereocenters. The molecule has 0 bridgehead atoms. The average Bonchev–Trinajstić information content (AvgIpc) is 3.19. The van der Waals surface area contributed by atoms with Crippen molar-refractivity contribution in [3.05, 3.63) is 28.6 Å². The number of methoxy groups -OCH3 is 1. The summed E-state index contributed by atoms with van der Waals surface area (Å²) in [6, 6.07) is 5.34. The number of aromatic nitrogens is 1. The summed E-state index contributed by atoms with van der Waals surface area (Å²) in [5.74, 6) is 0.432. The summed E-state index contributed by atoms with van der Waals surface area (Å²) in [6.45, 7) is 0.545. The number of amides is 1. The lowest BCUT2D eigenvalue weighted by Crippen LogP contribution is -2.39. The van der Waals surface area contributed by atoms with E-state index in [0.29, 0.717) is 28.5 Å². The number of ether oxygens (including phenoxy) is 1. The molecule has 1 aromatic carbocycles. The molecule has 0 radical (unpaired) electrons. The van der Waals surface area contributed by atoms with Gasteiger partial charge in [0.2, 0.25) is 0 Å². The standard InChI is InChI=1S/C14H16N2O3S/c1-18-7-11(8-2-3-8)15-13(17)9-4-5-10-12(6-9)19-14(20)16-10/h4-6,8,11H,2-3,7H2,1H3,(H,15,17)(H,16,20)/t11-/m1/s1. The Morgan fingerprint density at radius 3 is 3.10 bits per heavy atom. The van der Waals surface area contributed by atoms with Gasteiger partial charge in [0.1, 0.15) is 0 Å². The summed E-state index contributed by atoms with van der Waals surface area (Å²) in [4.78, 5) is 15.5. The topological polar surface area (TPSA) is 67.3 Å². The Morgan fingerprint density at radius 2 is 2.40 bits per heavy atom. The fraction of sp³-hybridized carbons (Fsp3) is 0.429. The minimum atomic E-state index is -0.108. The van der Waals surface area contributed by atoms with E-state index < -0.39 is 0 Å². The number of carbonyl (C=O) groups is 1. The maximum atomic E-state index is 12.3. The van der Waals surface area contributed by atoms with Crippen molar-refractivity contribution in [3.63, 3.8) is 0 Å². The molecule has 5 nitrogen and oxygen atoms in total. The molecule has 20 heavy (non-hydrogen) atoms. The fourth-order valence-corrected chi connectivity index (χ4v) is 2.51. The van der Waals surface area contributed by atoms with Crippen LogP contribution in [-0.2, 0) is 4.74 Å². The maximum Gasteiger partial charge on any atom is 0.266 e. The monoisotopic (exact) mass is 292 g/mol. The van der Waals surface area contributed by atoms with Crippen molar-refractivity contribution < 1.29 is 13.9 Å². The van der Waals surface area contributed by atoms with Gasteiger partial charge in [0.15, 0.2) is 5.58 Å². The van der Waals surface area contributed by atoms with Gasteiger partial charge in [-0.2, -0.15) is 0 Å². The van der Waals surface area contributed by atoms with Crippen LogP contribution < -0.4 is 5.32 Å². The molecule has 2 aromatic rings. The number of hydrogen-bond acceptors (Lipinski definition) is 4. The number of hydrogen-bond donors (Lipinski definition) is 2. The van der Waals surface area contributed by atoms with E-state index in [9.17, 15) is 4.79 Å². The fourth-order valence-electron chi connectivity index (χ4n) is 2.31. The van der Waals surface area contributed by atoms with Gasteiger partial charge in [0.05, 0.1) is 18.2 Å². The molecule has 0 spiro atoms. The predicted octanol–water partition coefficient (Wildman–Crippen LogP) is 2.65. The van der Waals surface area contributed by atoms with Crippen molar-refractivity contribution in [2.45, 2.75) is 18.9 Å². The van der Waals surface area contributed by atoms with Gasteiger partial charge in [-0.05, 0) is 49.2 Å². The number of aromatic amines is 1. The van der Waals surface area contributed by atoms with Gasteiger partial charge >= 0.3 is 0 Å². The van der Waals surface area contributed by atoms with Crippen molar-refractivity contribution in [1.82, 2.24) is 10.3 Å². The smallest absolute Gasteiger partial charge is 0.266 e. The van der Waals surface area contributed by atoms with Crippen molar-refractivity contribution in [2.24, 2.45) is 5.92 Å². The zero-order valence-corrected chi connectivity index (χ0v) is 12.0. The molecule has 0 saturated heterocycles. The van der Waals surface area contributed by atoms with Crippen molar-refractivity contribution in [1.29, 1.82) is 0 Å². The van der Waals surface area contributed by atoms with Crippen LogP contribution in [0.2, 0.25) is 0 Å². The van der Waals surface area contributed by atoms with Crippen LogP contribution in [0.15, 0.2) is 22.6 Å². The van der Waals surface area contributed by atoms with Gasteiger partial charge in [-0.15, -0.1) is 0 Å². The van der Waals surface area contributed by atoms with E-state index in [-0.39, 0.29) is 11.9 Å². The number of fused-ring (bicyclic) bond motifs is 1. The third kappa shape index (κ3) is 2.76. The van der Waals surface area contributed by atoms with E-state index >= 15 is 0 Å². The minimum absolute atomic E-state index is 0.0841. The lowest BCUT2D eigenvalue weighted by Gasteiger charge is -2.17. The van der Waals surface area contributed by atoms with Gasteiger partial charge in [0, 0.05) is 12.7 Å².